The van der Waals surface area contributed by atoms with E-state index >= 15 is 0 Å². The third-order valence-electron chi connectivity index (χ3n) is 2.93. The van der Waals surface area contributed by atoms with Crippen molar-refractivity contribution in [2.75, 3.05) is 0 Å². The van der Waals surface area contributed by atoms with E-state index < -0.39 is 0 Å². The maximum atomic E-state index is 5.88. The molecule has 1 nitrogen and oxygen atoms in total. The van der Waals surface area contributed by atoms with Gasteiger partial charge in [0.1, 0.15) is 11.9 Å². The van der Waals surface area contributed by atoms with Crippen molar-refractivity contribution >= 4 is 12.2 Å². The van der Waals surface area contributed by atoms with E-state index in [1.165, 1.54) is 5.56 Å². The van der Waals surface area contributed by atoms with Crippen LogP contribution in [0, 0.1) is 0 Å². The summed E-state index contributed by atoms with van der Waals surface area (Å²) in [6, 6.07) is 18.3. The summed E-state index contributed by atoms with van der Waals surface area (Å²) >= 11 is 0. The van der Waals surface area contributed by atoms with Crippen LogP contribution < -0.4 is 4.74 Å². The van der Waals surface area contributed by atoms with Gasteiger partial charge in [0.25, 0.3) is 0 Å². The summed E-state index contributed by atoms with van der Waals surface area (Å²) in [5.74, 6) is 0.947. The van der Waals surface area contributed by atoms with Crippen LogP contribution >= 0.6 is 0 Å². The van der Waals surface area contributed by atoms with Crippen LogP contribution in [-0.2, 0) is 0 Å². The summed E-state index contributed by atoms with van der Waals surface area (Å²) in [6.45, 7) is 0. The van der Waals surface area contributed by atoms with Crippen molar-refractivity contribution in [3.8, 4) is 5.75 Å². The van der Waals surface area contributed by atoms with Crippen LogP contribution in [0.3, 0.4) is 0 Å². The van der Waals surface area contributed by atoms with Gasteiger partial charge in [0.15, 0.2) is 0 Å². The van der Waals surface area contributed by atoms with Gasteiger partial charge in [-0.3, -0.25) is 0 Å². The fourth-order valence-electron chi connectivity index (χ4n) is 1.98. The Morgan fingerprint density at radius 3 is 2.56 bits per heavy atom. The van der Waals surface area contributed by atoms with Crippen molar-refractivity contribution in [3.05, 3.63) is 77.9 Å². The van der Waals surface area contributed by atoms with E-state index in [9.17, 15) is 0 Å². The largest absolute Gasteiger partial charge is 0.482 e. The lowest BCUT2D eigenvalue weighted by Gasteiger charge is -2.18. The van der Waals surface area contributed by atoms with Crippen molar-refractivity contribution in [1.29, 1.82) is 0 Å². The van der Waals surface area contributed by atoms with E-state index in [2.05, 4.69) is 42.5 Å². The minimum absolute atomic E-state index is 0.0140. The second-order valence-electron chi connectivity index (χ2n) is 4.25. The fourth-order valence-corrected chi connectivity index (χ4v) is 1.98. The Kier molecular flexibility index (Phi) is 2.97. The Balaban J connectivity index is 1.76. The van der Waals surface area contributed by atoms with Crippen LogP contribution in [-0.4, -0.2) is 6.10 Å². The van der Waals surface area contributed by atoms with E-state index in [0.29, 0.717) is 0 Å². The molecule has 1 heteroatoms. The number of para-hydroxylation sites is 1. The zero-order chi connectivity index (χ0) is 12.2. The van der Waals surface area contributed by atoms with Gasteiger partial charge in [0, 0.05) is 5.56 Å². The average Bonchev–Trinajstić information content (AvgIpc) is 2.46. The van der Waals surface area contributed by atoms with Gasteiger partial charge in [0.2, 0.25) is 0 Å². The molecule has 0 N–H and O–H groups in total. The number of fused-ring (bicyclic) bond motifs is 1. The first-order valence-corrected chi connectivity index (χ1v) is 6.09. The third-order valence-corrected chi connectivity index (χ3v) is 2.93. The molecule has 0 spiro atoms. The molecule has 0 saturated heterocycles. The van der Waals surface area contributed by atoms with Crippen LogP contribution in [0.15, 0.2) is 66.7 Å². The van der Waals surface area contributed by atoms with Gasteiger partial charge < -0.3 is 4.74 Å². The predicted molar refractivity (Wildman–Crippen MR) is 75.4 cm³/mol. The van der Waals surface area contributed by atoms with Gasteiger partial charge in [-0.25, -0.2) is 0 Å². The Morgan fingerprint density at radius 1 is 0.889 bits per heavy atom. The monoisotopic (exact) mass is 234 g/mol. The molecule has 0 radical (unpaired) electrons. The molecule has 0 saturated carbocycles. The first kappa shape index (κ1) is 10.8. The van der Waals surface area contributed by atoms with Gasteiger partial charge in [-0.2, -0.15) is 0 Å². The van der Waals surface area contributed by atoms with Crippen LogP contribution in [0.2, 0.25) is 0 Å². The summed E-state index contributed by atoms with van der Waals surface area (Å²) in [5.41, 5.74) is 2.33. The summed E-state index contributed by atoms with van der Waals surface area (Å²) in [6.07, 6.45) is 8.35. The molecular formula is C17H14O. The molecule has 1 atom stereocenters. The standard InChI is InChI=1S/C17H14O/c1-2-6-14(7-3-1)10-12-16-13-11-15-8-4-5-9-17(15)18-16/h1-13,16H. The van der Waals surface area contributed by atoms with Gasteiger partial charge in [-0.1, -0.05) is 60.7 Å². The molecule has 0 aliphatic carbocycles. The molecule has 88 valence electrons. The van der Waals surface area contributed by atoms with Crippen LogP contribution in [0.25, 0.3) is 12.2 Å². The highest BCUT2D eigenvalue weighted by Gasteiger charge is 2.10. The first-order valence-electron chi connectivity index (χ1n) is 6.09. The van der Waals surface area contributed by atoms with Crippen molar-refractivity contribution in [1.82, 2.24) is 0 Å². The average molecular weight is 234 g/mol. The molecule has 1 heterocycles. The molecule has 1 unspecified atom stereocenters. The Bertz CT molecular complexity index is 582. The number of ether oxygens (including phenoxy) is 1. The molecule has 2 aromatic rings. The zero-order valence-corrected chi connectivity index (χ0v) is 9.99. The fraction of sp³-hybridized carbons (Fsp3) is 0.0588. The summed E-state index contributed by atoms with van der Waals surface area (Å²) in [4.78, 5) is 0. The molecule has 18 heavy (non-hydrogen) atoms. The number of rotatable bonds is 2. The van der Waals surface area contributed by atoms with E-state index in [1.807, 2.05) is 36.4 Å². The Hall–Kier alpha value is -2.28. The molecule has 1 aliphatic rings. The van der Waals surface area contributed by atoms with Crippen LogP contribution in [0.1, 0.15) is 11.1 Å². The molecule has 2 aromatic carbocycles. The lowest BCUT2D eigenvalue weighted by atomic mass is 10.1. The maximum absolute atomic E-state index is 5.88. The molecule has 0 bridgehead atoms. The van der Waals surface area contributed by atoms with Crippen molar-refractivity contribution in [2.45, 2.75) is 6.10 Å². The summed E-state index contributed by atoms with van der Waals surface area (Å²) in [7, 11) is 0. The highest BCUT2D eigenvalue weighted by Crippen LogP contribution is 2.25. The number of hydrogen-bond donors (Lipinski definition) is 0. The van der Waals surface area contributed by atoms with E-state index in [1.54, 1.807) is 0 Å². The number of benzene rings is 2. The third kappa shape index (κ3) is 2.35. The predicted octanol–water partition coefficient (Wildman–Crippen LogP) is 4.17. The lowest BCUT2D eigenvalue weighted by Crippen LogP contribution is -2.13. The molecule has 0 aromatic heterocycles. The van der Waals surface area contributed by atoms with E-state index in [-0.39, 0.29) is 6.10 Å². The highest BCUT2D eigenvalue weighted by molar-refractivity contribution is 5.61. The number of hydrogen-bond acceptors (Lipinski definition) is 1. The van der Waals surface area contributed by atoms with Gasteiger partial charge in [0.05, 0.1) is 0 Å². The molecular weight excluding hydrogens is 220 g/mol. The Morgan fingerprint density at radius 2 is 1.67 bits per heavy atom. The minimum atomic E-state index is 0.0140. The van der Waals surface area contributed by atoms with E-state index in [4.69, 9.17) is 4.74 Å². The normalized spacial score (nSPS) is 17.4. The smallest absolute Gasteiger partial charge is 0.136 e. The zero-order valence-electron chi connectivity index (χ0n) is 9.99. The SMILES string of the molecule is C(=CC1C=Cc2ccccc2O1)c1ccccc1. The van der Waals surface area contributed by atoms with Crippen molar-refractivity contribution in [2.24, 2.45) is 0 Å². The van der Waals surface area contributed by atoms with E-state index in [0.717, 1.165) is 11.3 Å². The highest BCUT2D eigenvalue weighted by atomic mass is 16.5. The van der Waals surface area contributed by atoms with Crippen LogP contribution in [0.4, 0.5) is 0 Å². The second kappa shape index (κ2) is 4.92. The molecule has 3 rings (SSSR count). The lowest BCUT2D eigenvalue weighted by molar-refractivity contribution is 0.293. The quantitative estimate of drug-likeness (QED) is 0.757. The van der Waals surface area contributed by atoms with Crippen molar-refractivity contribution in [3.63, 3.8) is 0 Å². The molecule has 0 amide bonds. The van der Waals surface area contributed by atoms with Crippen LogP contribution in [0.5, 0.6) is 5.75 Å². The molecule has 1 aliphatic heterocycles. The van der Waals surface area contributed by atoms with Gasteiger partial charge in [-0.05, 0) is 23.8 Å². The summed E-state index contributed by atoms with van der Waals surface area (Å²) < 4.78 is 5.88. The second-order valence-corrected chi connectivity index (χ2v) is 4.25. The topological polar surface area (TPSA) is 9.23 Å². The Labute approximate surface area is 107 Å². The van der Waals surface area contributed by atoms with Crippen molar-refractivity contribution < 1.29 is 4.74 Å². The molecule has 0 fully saturated rings. The van der Waals surface area contributed by atoms with Gasteiger partial charge in [-0.15, -0.1) is 0 Å². The minimum Gasteiger partial charge on any atom is -0.482 e. The van der Waals surface area contributed by atoms with Gasteiger partial charge >= 0.3 is 0 Å². The maximum Gasteiger partial charge on any atom is 0.136 e. The summed E-state index contributed by atoms with van der Waals surface area (Å²) in [5, 5.41) is 0. The first-order chi connectivity index (χ1) is 8.92.